The maximum atomic E-state index is 13.8. The molecule has 0 spiro atoms. The Hall–Kier alpha value is -3.39. The zero-order valence-electron chi connectivity index (χ0n) is 17.5. The second-order valence-corrected chi connectivity index (χ2v) is 8.54. The largest absolute Gasteiger partial charge is 0.393 e. The van der Waals surface area contributed by atoms with Gasteiger partial charge in [-0.2, -0.15) is 0 Å². The third-order valence-corrected chi connectivity index (χ3v) is 6.48. The Bertz CT molecular complexity index is 1280. The van der Waals surface area contributed by atoms with Crippen molar-refractivity contribution in [3.63, 3.8) is 0 Å². The van der Waals surface area contributed by atoms with Gasteiger partial charge in [-0.25, -0.2) is 24.3 Å². The van der Waals surface area contributed by atoms with E-state index in [0.29, 0.717) is 5.95 Å². The minimum Gasteiger partial charge on any atom is -0.393 e. The van der Waals surface area contributed by atoms with Gasteiger partial charge in [0.05, 0.1) is 17.8 Å². The van der Waals surface area contributed by atoms with Crippen molar-refractivity contribution >= 4 is 17.1 Å². The number of hydrogen-bond donors (Lipinski definition) is 1. The van der Waals surface area contributed by atoms with Gasteiger partial charge in [-0.05, 0) is 49.1 Å². The number of fused-ring (bicyclic) bond motifs is 3. The second-order valence-electron chi connectivity index (χ2n) is 8.54. The van der Waals surface area contributed by atoms with Crippen LogP contribution in [-0.4, -0.2) is 48.8 Å². The molecular weight excluding hydrogens is 407 g/mol. The van der Waals surface area contributed by atoms with Gasteiger partial charge in [0.25, 0.3) is 0 Å². The summed E-state index contributed by atoms with van der Waals surface area (Å²) in [5.74, 6) is 1.44. The fraction of sp³-hybridized carbons (Fsp3) is 0.333. The van der Waals surface area contributed by atoms with E-state index in [1.54, 1.807) is 24.5 Å². The Labute approximate surface area is 184 Å². The molecule has 8 heteroatoms. The molecule has 2 aliphatic heterocycles. The summed E-state index contributed by atoms with van der Waals surface area (Å²) in [7, 11) is 0. The molecule has 0 radical (unpaired) electrons. The Balaban J connectivity index is 1.33. The van der Waals surface area contributed by atoms with Crippen LogP contribution in [-0.2, 0) is 6.42 Å². The van der Waals surface area contributed by atoms with Crippen LogP contribution in [0.2, 0.25) is 0 Å². The van der Waals surface area contributed by atoms with Gasteiger partial charge in [-0.15, -0.1) is 0 Å². The van der Waals surface area contributed by atoms with Crippen LogP contribution < -0.4 is 4.90 Å². The van der Waals surface area contributed by atoms with Crippen LogP contribution in [0.1, 0.15) is 36.7 Å². The molecule has 0 saturated carbocycles. The Kier molecular flexibility index (Phi) is 4.61. The van der Waals surface area contributed by atoms with E-state index in [4.69, 9.17) is 9.97 Å². The summed E-state index contributed by atoms with van der Waals surface area (Å²) in [6.07, 6.45) is 6.57. The minimum absolute atomic E-state index is 0.0292. The van der Waals surface area contributed by atoms with Gasteiger partial charge in [0.15, 0.2) is 5.65 Å². The van der Waals surface area contributed by atoms with Crippen LogP contribution in [0, 0.1) is 5.82 Å². The molecule has 7 nitrogen and oxygen atoms in total. The van der Waals surface area contributed by atoms with Crippen LogP contribution in [0.25, 0.3) is 22.4 Å². The average molecular weight is 430 g/mol. The summed E-state index contributed by atoms with van der Waals surface area (Å²) in [5, 5.41) is 9.71. The lowest BCUT2D eigenvalue weighted by Gasteiger charge is -2.29. The molecule has 1 aromatic carbocycles. The van der Waals surface area contributed by atoms with Crippen molar-refractivity contribution in [2.45, 2.75) is 37.8 Å². The first-order chi connectivity index (χ1) is 15.7. The summed E-state index contributed by atoms with van der Waals surface area (Å²) >= 11 is 0. The van der Waals surface area contributed by atoms with Crippen molar-refractivity contribution in [3.05, 3.63) is 66.0 Å². The Morgan fingerprint density at radius 2 is 1.78 bits per heavy atom. The SMILES string of the molecule is OC1CCN(c2ncc(-c3ccc4nc5n(c4n3)C(c3cccc(F)c3)CC5)cn2)CC1. The summed E-state index contributed by atoms with van der Waals surface area (Å²) in [6, 6.07) is 10.7. The maximum Gasteiger partial charge on any atom is 0.225 e. The lowest BCUT2D eigenvalue weighted by molar-refractivity contribution is 0.145. The van der Waals surface area contributed by atoms with Crippen molar-refractivity contribution in [2.24, 2.45) is 0 Å². The molecule has 1 N–H and O–H groups in total. The highest BCUT2D eigenvalue weighted by Gasteiger charge is 2.28. The van der Waals surface area contributed by atoms with Crippen LogP contribution >= 0.6 is 0 Å². The zero-order chi connectivity index (χ0) is 21.7. The molecule has 6 rings (SSSR count). The van der Waals surface area contributed by atoms with E-state index < -0.39 is 0 Å². The number of hydrogen-bond acceptors (Lipinski definition) is 6. The minimum atomic E-state index is -0.227. The molecule has 32 heavy (non-hydrogen) atoms. The number of pyridine rings is 1. The van der Waals surface area contributed by atoms with Crippen molar-refractivity contribution < 1.29 is 9.50 Å². The molecule has 1 atom stereocenters. The molecular formula is C24H23FN6O. The number of nitrogens with zero attached hydrogens (tertiary/aromatic N) is 6. The zero-order valence-corrected chi connectivity index (χ0v) is 17.5. The monoisotopic (exact) mass is 430 g/mol. The first-order valence-corrected chi connectivity index (χ1v) is 11.0. The molecule has 0 bridgehead atoms. The molecule has 0 aliphatic carbocycles. The van der Waals surface area contributed by atoms with Crippen LogP contribution in [0.4, 0.5) is 10.3 Å². The van der Waals surface area contributed by atoms with Gasteiger partial charge in [-0.3, -0.25) is 0 Å². The van der Waals surface area contributed by atoms with Crippen molar-refractivity contribution in [2.75, 3.05) is 18.0 Å². The topological polar surface area (TPSA) is 80.0 Å². The van der Waals surface area contributed by atoms with Crippen LogP contribution in [0.15, 0.2) is 48.8 Å². The number of anilines is 1. The highest BCUT2D eigenvalue weighted by Crippen LogP contribution is 2.35. The van der Waals surface area contributed by atoms with Gasteiger partial charge in [0, 0.05) is 37.5 Å². The lowest BCUT2D eigenvalue weighted by atomic mass is 10.0. The number of aryl methyl sites for hydroxylation is 1. The van der Waals surface area contributed by atoms with Crippen molar-refractivity contribution in [1.82, 2.24) is 24.5 Å². The predicted octanol–water partition coefficient (Wildman–Crippen LogP) is 3.52. The fourth-order valence-electron chi connectivity index (χ4n) is 4.79. The molecule has 3 aromatic heterocycles. The third-order valence-electron chi connectivity index (χ3n) is 6.48. The quantitative estimate of drug-likeness (QED) is 0.536. The van der Waals surface area contributed by atoms with Crippen LogP contribution in [0.5, 0.6) is 0 Å². The summed E-state index contributed by atoms with van der Waals surface area (Å²) in [5.41, 5.74) is 4.21. The van der Waals surface area contributed by atoms with E-state index in [0.717, 1.165) is 72.6 Å². The molecule has 1 unspecified atom stereocenters. The lowest BCUT2D eigenvalue weighted by Crippen LogP contribution is -2.36. The summed E-state index contributed by atoms with van der Waals surface area (Å²) in [4.78, 5) is 20.9. The van der Waals surface area contributed by atoms with E-state index >= 15 is 0 Å². The van der Waals surface area contributed by atoms with E-state index in [1.165, 1.54) is 6.07 Å². The number of benzene rings is 1. The number of halogens is 1. The predicted molar refractivity (Wildman–Crippen MR) is 119 cm³/mol. The number of aliphatic hydroxyl groups is 1. The van der Waals surface area contributed by atoms with Gasteiger partial charge in [0.1, 0.15) is 17.2 Å². The normalized spacial score (nSPS) is 18.9. The number of aromatic nitrogens is 5. The average Bonchev–Trinajstić information content (AvgIpc) is 3.39. The molecule has 162 valence electrons. The Morgan fingerprint density at radius 3 is 2.56 bits per heavy atom. The summed E-state index contributed by atoms with van der Waals surface area (Å²) < 4.78 is 16.0. The van der Waals surface area contributed by atoms with Gasteiger partial charge < -0.3 is 14.6 Å². The van der Waals surface area contributed by atoms with Gasteiger partial charge in [0.2, 0.25) is 5.95 Å². The summed E-state index contributed by atoms with van der Waals surface area (Å²) in [6.45, 7) is 1.52. The van der Waals surface area contributed by atoms with E-state index in [1.807, 2.05) is 18.2 Å². The standard InChI is InChI=1S/C24H23FN6O/c25-17-3-1-2-15(12-17)21-6-7-22-28-20-5-4-19(29-23(20)31(21)22)16-13-26-24(27-14-16)30-10-8-18(32)9-11-30/h1-5,12-14,18,21,32H,6-11H2. The fourth-order valence-corrected chi connectivity index (χ4v) is 4.79. The number of aliphatic hydroxyl groups excluding tert-OH is 1. The van der Waals surface area contributed by atoms with E-state index in [2.05, 4.69) is 19.4 Å². The smallest absolute Gasteiger partial charge is 0.225 e. The number of imidazole rings is 1. The highest BCUT2D eigenvalue weighted by molar-refractivity contribution is 5.76. The second kappa shape index (κ2) is 7.63. The highest BCUT2D eigenvalue weighted by atomic mass is 19.1. The van der Waals surface area contributed by atoms with Crippen molar-refractivity contribution in [3.8, 4) is 11.3 Å². The molecule has 1 fully saturated rings. The Morgan fingerprint density at radius 1 is 0.969 bits per heavy atom. The molecule has 1 saturated heterocycles. The molecule has 5 heterocycles. The van der Waals surface area contributed by atoms with Gasteiger partial charge in [-0.1, -0.05) is 12.1 Å². The third kappa shape index (κ3) is 3.31. The molecule has 0 amide bonds. The van der Waals surface area contributed by atoms with Crippen LogP contribution in [0.3, 0.4) is 0 Å². The first-order valence-electron chi connectivity index (χ1n) is 11.0. The molecule has 2 aliphatic rings. The van der Waals surface area contributed by atoms with Crippen molar-refractivity contribution in [1.29, 1.82) is 0 Å². The molecule has 4 aromatic rings. The number of piperidine rings is 1. The van der Waals surface area contributed by atoms with E-state index in [-0.39, 0.29) is 18.0 Å². The number of rotatable bonds is 3. The maximum absolute atomic E-state index is 13.8. The first kappa shape index (κ1) is 19.3. The van der Waals surface area contributed by atoms with E-state index in [9.17, 15) is 9.50 Å². The van der Waals surface area contributed by atoms with Gasteiger partial charge >= 0.3 is 0 Å².